The largest absolute Gasteiger partial charge is 0.438 e. The Morgan fingerprint density at radius 3 is 2.65 bits per heavy atom. The number of hydrogen-bond donors (Lipinski definition) is 1. The lowest BCUT2D eigenvalue weighted by molar-refractivity contribution is -0.385. The molecule has 20 heavy (non-hydrogen) atoms. The van der Waals surface area contributed by atoms with E-state index >= 15 is 0 Å². The van der Waals surface area contributed by atoms with Crippen LogP contribution in [0.3, 0.4) is 0 Å². The number of aromatic nitrogens is 1. The van der Waals surface area contributed by atoms with Crippen LogP contribution in [0, 0.1) is 24.0 Å². The van der Waals surface area contributed by atoms with Gasteiger partial charge in [-0.15, -0.1) is 0 Å². The third-order valence-electron chi connectivity index (χ3n) is 2.88. The van der Waals surface area contributed by atoms with Gasteiger partial charge in [0.05, 0.1) is 11.0 Å². The third-order valence-corrected chi connectivity index (χ3v) is 2.88. The van der Waals surface area contributed by atoms with Crippen LogP contribution in [0.4, 0.5) is 11.5 Å². The van der Waals surface area contributed by atoms with E-state index in [0.717, 1.165) is 5.56 Å². The molecule has 0 saturated heterocycles. The molecular formula is C14H15N3O3. The highest BCUT2D eigenvalue weighted by Crippen LogP contribution is 2.31. The molecule has 0 aliphatic heterocycles. The zero-order valence-electron chi connectivity index (χ0n) is 11.5. The van der Waals surface area contributed by atoms with Crippen LogP contribution in [-0.4, -0.2) is 17.0 Å². The van der Waals surface area contributed by atoms with E-state index in [4.69, 9.17) is 4.74 Å². The summed E-state index contributed by atoms with van der Waals surface area (Å²) in [6.07, 6.45) is 0. The van der Waals surface area contributed by atoms with Crippen LogP contribution >= 0.6 is 0 Å². The molecule has 1 aromatic heterocycles. The number of nitrogens with one attached hydrogen (secondary N) is 1. The van der Waals surface area contributed by atoms with Crippen molar-refractivity contribution in [3.8, 4) is 11.6 Å². The number of nitro benzene ring substituents is 1. The smallest absolute Gasteiger partial charge is 0.276 e. The van der Waals surface area contributed by atoms with Gasteiger partial charge in [-0.05, 0) is 31.5 Å². The van der Waals surface area contributed by atoms with Gasteiger partial charge in [0.15, 0.2) is 0 Å². The number of pyridine rings is 1. The van der Waals surface area contributed by atoms with Crippen molar-refractivity contribution in [1.82, 2.24) is 4.98 Å². The highest BCUT2D eigenvalue weighted by molar-refractivity contribution is 5.50. The second-order valence-electron chi connectivity index (χ2n) is 4.37. The van der Waals surface area contributed by atoms with E-state index in [2.05, 4.69) is 10.3 Å². The maximum atomic E-state index is 11.0. The number of anilines is 1. The summed E-state index contributed by atoms with van der Waals surface area (Å²) < 4.78 is 5.64. The van der Waals surface area contributed by atoms with Gasteiger partial charge < -0.3 is 10.1 Å². The molecule has 0 spiro atoms. The molecule has 0 unspecified atom stereocenters. The van der Waals surface area contributed by atoms with Gasteiger partial charge in [-0.2, -0.15) is 4.98 Å². The molecule has 0 aliphatic rings. The van der Waals surface area contributed by atoms with Crippen LogP contribution in [0.1, 0.15) is 11.1 Å². The van der Waals surface area contributed by atoms with Crippen LogP contribution in [0.15, 0.2) is 30.3 Å². The monoisotopic (exact) mass is 273 g/mol. The average molecular weight is 273 g/mol. The molecule has 0 fully saturated rings. The SMILES string of the molecule is CNc1cccc(Oc2cc([N+](=O)[O-])c(C)cc2C)n1. The van der Waals surface area contributed by atoms with Gasteiger partial charge in [0.2, 0.25) is 5.88 Å². The van der Waals surface area contributed by atoms with Crippen molar-refractivity contribution in [1.29, 1.82) is 0 Å². The lowest BCUT2D eigenvalue weighted by Gasteiger charge is -2.10. The summed E-state index contributed by atoms with van der Waals surface area (Å²) in [7, 11) is 1.76. The molecule has 6 nitrogen and oxygen atoms in total. The normalized spacial score (nSPS) is 10.2. The number of ether oxygens (including phenoxy) is 1. The Hall–Kier alpha value is -2.63. The Labute approximate surface area is 116 Å². The van der Waals surface area contributed by atoms with Gasteiger partial charge in [-0.3, -0.25) is 10.1 Å². The topological polar surface area (TPSA) is 77.3 Å². The fourth-order valence-electron chi connectivity index (χ4n) is 1.85. The average Bonchev–Trinajstić information content (AvgIpc) is 2.41. The Balaban J connectivity index is 2.37. The van der Waals surface area contributed by atoms with Crippen LogP contribution in [0.2, 0.25) is 0 Å². The molecular weight excluding hydrogens is 258 g/mol. The zero-order valence-corrected chi connectivity index (χ0v) is 11.5. The van der Waals surface area contributed by atoms with Crippen molar-refractivity contribution in [2.24, 2.45) is 0 Å². The number of rotatable bonds is 4. The van der Waals surface area contributed by atoms with Gasteiger partial charge in [-0.25, -0.2) is 0 Å². The molecule has 6 heteroatoms. The van der Waals surface area contributed by atoms with E-state index in [1.807, 2.05) is 6.92 Å². The number of hydrogen-bond acceptors (Lipinski definition) is 5. The maximum absolute atomic E-state index is 11.0. The summed E-state index contributed by atoms with van der Waals surface area (Å²) in [5, 5.41) is 13.9. The minimum Gasteiger partial charge on any atom is -0.438 e. The summed E-state index contributed by atoms with van der Waals surface area (Å²) in [5.41, 5.74) is 1.47. The van der Waals surface area contributed by atoms with Crippen LogP contribution in [-0.2, 0) is 0 Å². The predicted octanol–water partition coefficient (Wildman–Crippen LogP) is 3.44. The molecule has 0 saturated carbocycles. The summed E-state index contributed by atoms with van der Waals surface area (Å²) in [5.74, 6) is 1.49. The Bertz CT molecular complexity index is 656. The molecule has 0 radical (unpaired) electrons. The first-order valence-electron chi connectivity index (χ1n) is 6.09. The van der Waals surface area contributed by atoms with Gasteiger partial charge in [0, 0.05) is 18.7 Å². The molecule has 0 bridgehead atoms. The summed E-state index contributed by atoms with van der Waals surface area (Å²) in [6.45, 7) is 3.54. The van der Waals surface area contributed by atoms with Gasteiger partial charge in [0.1, 0.15) is 11.6 Å². The predicted molar refractivity (Wildman–Crippen MR) is 76.4 cm³/mol. The first-order valence-corrected chi connectivity index (χ1v) is 6.09. The number of benzene rings is 1. The van der Waals surface area contributed by atoms with Gasteiger partial charge in [0.25, 0.3) is 5.69 Å². The van der Waals surface area contributed by atoms with Crippen molar-refractivity contribution >= 4 is 11.5 Å². The van der Waals surface area contributed by atoms with Gasteiger partial charge in [-0.1, -0.05) is 6.07 Å². The molecule has 2 rings (SSSR count). The second kappa shape index (κ2) is 5.56. The Kier molecular flexibility index (Phi) is 3.84. The highest BCUT2D eigenvalue weighted by atomic mass is 16.6. The molecule has 104 valence electrons. The standard InChI is InChI=1S/C14H15N3O3/c1-9-7-10(2)12(8-11(9)17(18)19)20-14-6-4-5-13(15-3)16-14/h4-8H,1-3H3,(H,15,16). The van der Waals surface area contributed by atoms with E-state index in [9.17, 15) is 10.1 Å². The molecule has 1 aromatic carbocycles. The number of nitrogens with zero attached hydrogens (tertiary/aromatic N) is 2. The molecule has 1 N–H and O–H groups in total. The summed E-state index contributed by atoms with van der Waals surface area (Å²) in [6, 6.07) is 8.46. The number of nitro groups is 1. The molecule has 0 aliphatic carbocycles. The van der Waals surface area contributed by atoms with Crippen LogP contribution < -0.4 is 10.1 Å². The first kappa shape index (κ1) is 13.8. The van der Waals surface area contributed by atoms with Crippen LogP contribution in [0.25, 0.3) is 0 Å². The minimum atomic E-state index is -0.418. The van der Waals surface area contributed by atoms with Gasteiger partial charge >= 0.3 is 0 Å². The van der Waals surface area contributed by atoms with E-state index < -0.39 is 4.92 Å². The van der Waals surface area contributed by atoms with E-state index in [0.29, 0.717) is 23.0 Å². The zero-order chi connectivity index (χ0) is 14.7. The van der Waals surface area contributed by atoms with Crippen molar-refractivity contribution in [3.05, 3.63) is 51.6 Å². The first-order chi connectivity index (χ1) is 9.51. The molecule has 2 aromatic rings. The fraction of sp³-hybridized carbons (Fsp3) is 0.214. The Morgan fingerprint density at radius 1 is 1.25 bits per heavy atom. The fourth-order valence-corrected chi connectivity index (χ4v) is 1.85. The van der Waals surface area contributed by atoms with Crippen LogP contribution in [0.5, 0.6) is 11.6 Å². The minimum absolute atomic E-state index is 0.0374. The maximum Gasteiger partial charge on any atom is 0.276 e. The van der Waals surface area contributed by atoms with E-state index in [-0.39, 0.29) is 5.69 Å². The number of aryl methyl sites for hydroxylation is 2. The highest BCUT2D eigenvalue weighted by Gasteiger charge is 2.15. The third kappa shape index (κ3) is 2.85. The van der Waals surface area contributed by atoms with Crippen molar-refractivity contribution in [2.45, 2.75) is 13.8 Å². The summed E-state index contributed by atoms with van der Waals surface area (Å²) >= 11 is 0. The molecule has 0 atom stereocenters. The quantitative estimate of drug-likeness (QED) is 0.682. The van der Waals surface area contributed by atoms with Crippen molar-refractivity contribution < 1.29 is 9.66 Å². The summed E-state index contributed by atoms with van der Waals surface area (Å²) in [4.78, 5) is 14.8. The lowest BCUT2D eigenvalue weighted by Crippen LogP contribution is -1.97. The Morgan fingerprint density at radius 2 is 2.00 bits per heavy atom. The van der Waals surface area contributed by atoms with E-state index in [1.54, 1.807) is 38.2 Å². The lowest BCUT2D eigenvalue weighted by atomic mass is 10.1. The van der Waals surface area contributed by atoms with Crippen molar-refractivity contribution in [3.63, 3.8) is 0 Å². The second-order valence-corrected chi connectivity index (χ2v) is 4.37. The molecule has 1 heterocycles. The van der Waals surface area contributed by atoms with Crippen molar-refractivity contribution in [2.75, 3.05) is 12.4 Å². The van der Waals surface area contributed by atoms with E-state index in [1.165, 1.54) is 6.07 Å². The molecule has 0 amide bonds.